The Hall–Kier alpha value is -1.32. The zero-order valence-corrected chi connectivity index (χ0v) is 11.9. The Morgan fingerprint density at radius 3 is 2.50 bits per heavy atom. The van der Waals surface area contributed by atoms with Gasteiger partial charge in [-0.25, -0.2) is 0 Å². The van der Waals surface area contributed by atoms with Crippen molar-refractivity contribution in [3.05, 3.63) is 34.0 Å². The summed E-state index contributed by atoms with van der Waals surface area (Å²) in [4.78, 5) is 4.69. The van der Waals surface area contributed by atoms with Crippen molar-refractivity contribution >= 4 is 28.2 Å². The predicted molar refractivity (Wildman–Crippen MR) is 78.1 cm³/mol. The number of hydrazine groups is 1. The molecule has 4 heteroatoms. The van der Waals surface area contributed by atoms with Crippen LogP contribution >= 0.6 is 11.6 Å². The molecule has 0 bridgehead atoms. The van der Waals surface area contributed by atoms with Gasteiger partial charge in [0, 0.05) is 16.6 Å². The molecule has 0 aliphatic heterocycles. The van der Waals surface area contributed by atoms with Gasteiger partial charge in [0.15, 0.2) is 0 Å². The third kappa shape index (κ3) is 1.93. The molecule has 0 spiro atoms. The molecule has 1 aromatic heterocycles. The first-order valence-electron chi connectivity index (χ1n) is 6.03. The number of benzene rings is 1. The van der Waals surface area contributed by atoms with E-state index in [9.17, 15) is 0 Å². The molecule has 0 aliphatic carbocycles. The zero-order valence-electron chi connectivity index (χ0n) is 11.1. The molecule has 0 aliphatic rings. The molecule has 1 heterocycles. The molecule has 18 heavy (non-hydrogen) atoms. The molecule has 0 unspecified atom stereocenters. The third-order valence-electron chi connectivity index (χ3n) is 3.24. The maximum atomic E-state index is 6.31. The fraction of sp³-hybridized carbons (Fsp3) is 0.357. The molecule has 0 saturated heterocycles. The van der Waals surface area contributed by atoms with E-state index in [1.807, 2.05) is 26.0 Å². The van der Waals surface area contributed by atoms with Gasteiger partial charge in [-0.05, 0) is 31.4 Å². The number of rotatable bonds is 2. The first-order chi connectivity index (χ1) is 8.47. The highest BCUT2D eigenvalue weighted by Gasteiger charge is 2.17. The molecule has 0 saturated carbocycles. The van der Waals surface area contributed by atoms with Crippen LogP contribution in [0.5, 0.6) is 0 Å². The molecule has 2 aromatic rings. The van der Waals surface area contributed by atoms with Crippen LogP contribution in [0.1, 0.15) is 36.6 Å². The first kappa shape index (κ1) is 13.1. The summed E-state index contributed by atoms with van der Waals surface area (Å²) in [6.07, 6.45) is 0. The summed E-state index contributed by atoms with van der Waals surface area (Å²) >= 11 is 6.31. The van der Waals surface area contributed by atoms with Crippen LogP contribution in [0, 0.1) is 13.8 Å². The van der Waals surface area contributed by atoms with Crippen LogP contribution in [0.3, 0.4) is 0 Å². The molecule has 0 atom stereocenters. The van der Waals surface area contributed by atoms with Crippen LogP contribution in [0.25, 0.3) is 10.9 Å². The van der Waals surface area contributed by atoms with Crippen LogP contribution in [0.4, 0.5) is 5.69 Å². The van der Waals surface area contributed by atoms with Crippen molar-refractivity contribution in [2.45, 2.75) is 33.6 Å². The van der Waals surface area contributed by atoms with Crippen LogP contribution in [-0.2, 0) is 0 Å². The predicted octanol–water partition coefficient (Wildman–Crippen LogP) is 3.91. The van der Waals surface area contributed by atoms with Crippen molar-refractivity contribution in [3.8, 4) is 0 Å². The van der Waals surface area contributed by atoms with E-state index in [4.69, 9.17) is 17.4 Å². The fourth-order valence-electron chi connectivity index (χ4n) is 2.45. The Morgan fingerprint density at radius 1 is 1.28 bits per heavy atom. The SMILES string of the molecule is Cc1nc2c(C)ccc(Cl)c2c(NN)c1C(C)C. The number of aromatic nitrogens is 1. The quantitative estimate of drug-likeness (QED) is 0.638. The molecular weight excluding hydrogens is 246 g/mol. The molecule has 96 valence electrons. The molecule has 1 aromatic carbocycles. The van der Waals surface area contributed by atoms with Gasteiger partial charge in [-0.1, -0.05) is 31.5 Å². The number of fused-ring (bicyclic) bond motifs is 1. The highest BCUT2D eigenvalue weighted by molar-refractivity contribution is 6.36. The monoisotopic (exact) mass is 263 g/mol. The Morgan fingerprint density at radius 2 is 1.94 bits per heavy atom. The lowest BCUT2D eigenvalue weighted by Gasteiger charge is -2.19. The van der Waals surface area contributed by atoms with Gasteiger partial charge in [-0.2, -0.15) is 0 Å². The van der Waals surface area contributed by atoms with Gasteiger partial charge in [-0.15, -0.1) is 0 Å². The number of aryl methyl sites for hydroxylation is 2. The summed E-state index contributed by atoms with van der Waals surface area (Å²) in [5.74, 6) is 6.04. The highest BCUT2D eigenvalue weighted by Crippen LogP contribution is 2.37. The molecular formula is C14H18ClN3. The van der Waals surface area contributed by atoms with Crippen molar-refractivity contribution in [2.24, 2.45) is 5.84 Å². The molecule has 0 fully saturated rings. The van der Waals surface area contributed by atoms with Crippen molar-refractivity contribution < 1.29 is 0 Å². The molecule has 0 radical (unpaired) electrons. The van der Waals surface area contributed by atoms with Gasteiger partial charge in [0.25, 0.3) is 0 Å². The van der Waals surface area contributed by atoms with Gasteiger partial charge >= 0.3 is 0 Å². The van der Waals surface area contributed by atoms with Crippen LogP contribution < -0.4 is 11.3 Å². The lowest BCUT2D eigenvalue weighted by Crippen LogP contribution is -2.13. The number of nitrogens with one attached hydrogen (secondary N) is 1. The van der Waals surface area contributed by atoms with Crippen molar-refractivity contribution in [2.75, 3.05) is 5.43 Å². The second-order valence-corrected chi connectivity index (χ2v) is 5.28. The van der Waals surface area contributed by atoms with Crippen molar-refractivity contribution in [3.63, 3.8) is 0 Å². The van der Waals surface area contributed by atoms with Crippen molar-refractivity contribution in [1.29, 1.82) is 0 Å². The number of hydrogen-bond donors (Lipinski definition) is 2. The summed E-state index contributed by atoms with van der Waals surface area (Å²) < 4.78 is 0. The van der Waals surface area contributed by atoms with Gasteiger partial charge in [-0.3, -0.25) is 10.8 Å². The number of nitrogens with two attached hydrogens (primary N) is 1. The van der Waals surface area contributed by atoms with E-state index in [1.165, 1.54) is 0 Å². The van der Waals surface area contributed by atoms with Crippen LogP contribution in [0.2, 0.25) is 5.02 Å². The summed E-state index contributed by atoms with van der Waals surface area (Å²) in [6, 6.07) is 3.87. The standard InChI is InChI=1S/C14H18ClN3/c1-7(2)11-9(4)17-13-8(3)5-6-10(15)12(13)14(11)18-16/h5-7H,16H2,1-4H3,(H,17,18). The number of nitrogen functional groups attached to an aromatic ring is 1. The lowest BCUT2D eigenvalue weighted by atomic mass is 9.96. The topological polar surface area (TPSA) is 50.9 Å². The fourth-order valence-corrected chi connectivity index (χ4v) is 2.70. The average Bonchev–Trinajstić information content (AvgIpc) is 2.32. The minimum atomic E-state index is 0.338. The molecule has 2 rings (SSSR count). The first-order valence-corrected chi connectivity index (χ1v) is 6.41. The normalized spacial score (nSPS) is 11.3. The minimum Gasteiger partial charge on any atom is -0.323 e. The van der Waals surface area contributed by atoms with Crippen LogP contribution in [-0.4, -0.2) is 4.98 Å². The Kier molecular flexibility index (Phi) is 3.46. The Balaban J connectivity index is 2.99. The van der Waals surface area contributed by atoms with Crippen molar-refractivity contribution in [1.82, 2.24) is 4.98 Å². The van der Waals surface area contributed by atoms with Gasteiger partial charge in [0.2, 0.25) is 0 Å². The summed E-state index contributed by atoms with van der Waals surface area (Å²) in [7, 11) is 0. The van der Waals surface area contributed by atoms with E-state index in [1.54, 1.807) is 0 Å². The van der Waals surface area contributed by atoms with Gasteiger partial charge < -0.3 is 5.43 Å². The molecule has 3 nitrogen and oxygen atoms in total. The number of nitrogens with zero attached hydrogens (tertiary/aromatic N) is 1. The number of hydrogen-bond acceptors (Lipinski definition) is 3. The largest absolute Gasteiger partial charge is 0.323 e. The van der Waals surface area contributed by atoms with E-state index >= 15 is 0 Å². The Labute approximate surface area is 112 Å². The summed E-state index contributed by atoms with van der Waals surface area (Å²) in [6.45, 7) is 8.29. The third-order valence-corrected chi connectivity index (χ3v) is 3.55. The summed E-state index contributed by atoms with van der Waals surface area (Å²) in [5, 5.41) is 1.59. The van der Waals surface area contributed by atoms with E-state index in [-0.39, 0.29) is 0 Å². The van der Waals surface area contributed by atoms with E-state index in [0.29, 0.717) is 10.9 Å². The molecule has 3 N–H and O–H groups in total. The second-order valence-electron chi connectivity index (χ2n) is 4.87. The maximum Gasteiger partial charge on any atom is 0.0770 e. The van der Waals surface area contributed by atoms with Crippen LogP contribution in [0.15, 0.2) is 12.1 Å². The van der Waals surface area contributed by atoms with E-state index in [2.05, 4.69) is 24.3 Å². The highest BCUT2D eigenvalue weighted by atomic mass is 35.5. The smallest absolute Gasteiger partial charge is 0.0770 e. The number of halogens is 1. The molecule has 0 amide bonds. The Bertz CT molecular complexity index is 606. The summed E-state index contributed by atoms with van der Waals surface area (Å²) in [5.41, 5.74) is 7.83. The minimum absolute atomic E-state index is 0.338. The number of pyridine rings is 1. The van der Waals surface area contributed by atoms with E-state index < -0.39 is 0 Å². The average molecular weight is 264 g/mol. The zero-order chi connectivity index (χ0) is 13.4. The number of anilines is 1. The van der Waals surface area contributed by atoms with Gasteiger partial charge in [0.1, 0.15) is 0 Å². The van der Waals surface area contributed by atoms with E-state index in [0.717, 1.165) is 33.4 Å². The second kappa shape index (κ2) is 4.75. The van der Waals surface area contributed by atoms with Gasteiger partial charge in [0.05, 0.1) is 16.2 Å². The lowest BCUT2D eigenvalue weighted by molar-refractivity contribution is 0.848. The maximum absolute atomic E-state index is 6.31.